The zero-order chi connectivity index (χ0) is 22.8. The third-order valence-corrected chi connectivity index (χ3v) is 6.19. The lowest BCUT2D eigenvalue weighted by atomic mass is 10.1. The molecule has 0 aromatic heterocycles. The number of aliphatic imine (C=N–C) groups is 1. The monoisotopic (exact) mass is 448 g/mol. The van der Waals surface area contributed by atoms with E-state index in [1.165, 1.54) is 16.3 Å². The molecule has 0 saturated heterocycles. The standard InChI is InChI=1S/C26H32N4OS/c1-27-26(28-15-14-20-8-6-11-22(18-20)25(31)30(2)3)29-16-17-32-19-23-12-7-10-21-9-4-5-13-24(21)23/h4-13,18H,14-17,19H2,1-3H3,(H2,27,28,29). The molecule has 168 valence electrons. The number of guanidine groups is 1. The van der Waals surface area contributed by atoms with Crippen molar-refractivity contribution in [3.63, 3.8) is 0 Å². The predicted octanol–water partition coefficient (Wildman–Crippen LogP) is 4.18. The van der Waals surface area contributed by atoms with Crippen LogP contribution in [-0.4, -0.2) is 56.8 Å². The van der Waals surface area contributed by atoms with E-state index in [9.17, 15) is 4.79 Å². The fourth-order valence-corrected chi connectivity index (χ4v) is 4.37. The zero-order valence-electron chi connectivity index (χ0n) is 19.1. The van der Waals surface area contributed by atoms with Crippen LogP contribution in [0.25, 0.3) is 10.8 Å². The van der Waals surface area contributed by atoms with Crippen LogP contribution >= 0.6 is 11.8 Å². The SMILES string of the molecule is CN=C(NCCSCc1cccc2ccccc12)NCCc1cccc(C(=O)N(C)C)c1. The highest BCUT2D eigenvalue weighted by Crippen LogP contribution is 2.22. The lowest BCUT2D eigenvalue weighted by Gasteiger charge is -2.13. The van der Waals surface area contributed by atoms with E-state index in [4.69, 9.17) is 0 Å². The first-order chi connectivity index (χ1) is 15.6. The summed E-state index contributed by atoms with van der Waals surface area (Å²) in [6.45, 7) is 1.60. The number of hydrogen-bond donors (Lipinski definition) is 2. The molecule has 1 amide bonds. The van der Waals surface area contributed by atoms with E-state index in [1.807, 2.05) is 36.0 Å². The molecule has 32 heavy (non-hydrogen) atoms. The fraction of sp³-hybridized carbons (Fsp3) is 0.308. The minimum absolute atomic E-state index is 0.0262. The van der Waals surface area contributed by atoms with Gasteiger partial charge < -0.3 is 15.5 Å². The van der Waals surface area contributed by atoms with Crippen LogP contribution in [0.3, 0.4) is 0 Å². The number of fused-ring (bicyclic) bond motifs is 1. The van der Waals surface area contributed by atoms with Crippen molar-refractivity contribution in [1.82, 2.24) is 15.5 Å². The molecule has 5 nitrogen and oxygen atoms in total. The highest BCUT2D eigenvalue weighted by molar-refractivity contribution is 7.98. The number of amides is 1. The van der Waals surface area contributed by atoms with E-state index >= 15 is 0 Å². The molecule has 0 aliphatic rings. The van der Waals surface area contributed by atoms with Crippen molar-refractivity contribution in [2.24, 2.45) is 4.99 Å². The van der Waals surface area contributed by atoms with Crippen molar-refractivity contribution in [2.75, 3.05) is 40.0 Å². The molecule has 0 radical (unpaired) electrons. The summed E-state index contributed by atoms with van der Waals surface area (Å²) in [4.78, 5) is 18.0. The second-order valence-electron chi connectivity index (χ2n) is 7.77. The molecule has 0 unspecified atom stereocenters. The van der Waals surface area contributed by atoms with Crippen LogP contribution in [0.15, 0.2) is 71.7 Å². The van der Waals surface area contributed by atoms with Crippen molar-refractivity contribution < 1.29 is 4.79 Å². The average molecular weight is 449 g/mol. The van der Waals surface area contributed by atoms with Crippen LogP contribution in [0.5, 0.6) is 0 Å². The van der Waals surface area contributed by atoms with Gasteiger partial charge in [-0.3, -0.25) is 9.79 Å². The van der Waals surface area contributed by atoms with Gasteiger partial charge in [0, 0.05) is 51.3 Å². The van der Waals surface area contributed by atoms with Gasteiger partial charge in [0.1, 0.15) is 0 Å². The molecule has 0 bridgehead atoms. The molecule has 0 fully saturated rings. The van der Waals surface area contributed by atoms with Crippen molar-refractivity contribution in [2.45, 2.75) is 12.2 Å². The molecule has 0 aliphatic carbocycles. The van der Waals surface area contributed by atoms with E-state index in [-0.39, 0.29) is 5.91 Å². The fourth-order valence-electron chi connectivity index (χ4n) is 3.51. The van der Waals surface area contributed by atoms with E-state index in [1.54, 1.807) is 26.0 Å². The largest absolute Gasteiger partial charge is 0.356 e. The topological polar surface area (TPSA) is 56.7 Å². The van der Waals surface area contributed by atoms with E-state index < -0.39 is 0 Å². The van der Waals surface area contributed by atoms with Gasteiger partial charge in [-0.1, -0.05) is 54.6 Å². The van der Waals surface area contributed by atoms with Crippen LogP contribution in [0.4, 0.5) is 0 Å². The summed E-state index contributed by atoms with van der Waals surface area (Å²) in [5.74, 6) is 2.82. The number of carbonyl (C=O) groups excluding carboxylic acids is 1. The Kier molecular flexibility index (Phi) is 8.99. The second-order valence-corrected chi connectivity index (χ2v) is 8.87. The molecule has 0 atom stereocenters. The molecular weight excluding hydrogens is 416 g/mol. The average Bonchev–Trinajstić information content (AvgIpc) is 2.82. The van der Waals surface area contributed by atoms with E-state index in [2.05, 4.69) is 58.1 Å². The Morgan fingerprint density at radius 2 is 1.72 bits per heavy atom. The van der Waals surface area contributed by atoms with Gasteiger partial charge in [0.15, 0.2) is 5.96 Å². The number of thioether (sulfide) groups is 1. The number of hydrogen-bond acceptors (Lipinski definition) is 3. The number of carbonyl (C=O) groups is 1. The Hall–Kier alpha value is -2.99. The number of nitrogens with one attached hydrogen (secondary N) is 2. The summed E-state index contributed by atoms with van der Waals surface area (Å²) >= 11 is 1.92. The summed E-state index contributed by atoms with van der Waals surface area (Å²) < 4.78 is 0. The van der Waals surface area contributed by atoms with Crippen LogP contribution in [0.2, 0.25) is 0 Å². The minimum Gasteiger partial charge on any atom is -0.356 e. The second kappa shape index (κ2) is 12.2. The van der Waals surface area contributed by atoms with E-state index in [0.717, 1.165) is 48.1 Å². The molecule has 3 aromatic carbocycles. The lowest BCUT2D eigenvalue weighted by molar-refractivity contribution is 0.0827. The van der Waals surface area contributed by atoms with Crippen molar-refractivity contribution >= 4 is 34.4 Å². The summed E-state index contributed by atoms with van der Waals surface area (Å²) in [7, 11) is 5.33. The highest BCUT2D eigenvalue weighted by Gasteiger charge is 2.08. The summed E-state index contributed by atoms with van der Waals surface area (Å²) in [6.07, 6.45) is 0.824. The first-order valence-corrected chi connectivity index (χ1v) is 12.0. The maximum Gasteiger partial charge on any atom is 0.253 e. The van der Waals surface area contributed by atoms with Gasteiger partial charge in [-0.25, -0.2) is 0 Å². The molecule has 0 spiro atoms. The Labute approximate surface area is 195 Å². The Morgan fingerprint density at radius 1 is 0.969 bits per heavy atom. The normalized spacial score (nSPS) is 11.4. The maximum absolute atomic E-state index is 12.1. The molecule has 2 N–H and O–H groups in total. The van der Waals surface area contributed by atoms with Gasteiger partial charge in [0.2, 0.25) is 0 Å². The van der Waals surface area contributed by atoms with Crippen molar-refractivity contribution in [3.05, 3.63) is 83.4 Å². The van der Waals surface area contributed by atoms with E-state index in [0.29, 0.717) is 0 Å². The first kappa shape index (κ1) is 23.7. The van der Waals surface area contributed by atoms with Crippen LogP contribution in [0, 0.1) is 0 Å². The maximum atomic E-state index is 12.1. The molecule has 6 heteroatoms. The quantitative estimate of drug-likeness (QED) is 0.293. The summed E-state index contributed by atoms with van der Waals surface area (Å²) in [5, 5.41) is 9.37. The Balaban J connectivity index is 1.38. The minimum atomic E-state index is 0.0262. The zero-order valence-corrected chi connectivity index (χ0v) is 19.9. The van der Waals surface area contributed by atoms with Crippen LogP contribution in [-0.2, 0) is 12.2 Å². The molecule has 3 aromatic rings. The number of rotatable bonds is 9. The van der Waals surface area contributed by atoms with Crippen LogP contribution < -0.4 is 10.6 Å². The lowest BCUT2D eigenvalue weighted by Crippen LogP contribution is -2.39. The summed E-state index contributed by atoms with van der Waals surface area (Å²) in [5.41, 5.74) is 3.23. The first-order valence-electron chi connectivity index (χ1n) is 10.9. The number of benzene rings is 3. The van der Waals surface area contributed by atoms with Crippen molar-refractivity contribution in [3.8, 4) is 0 Å². The van der Waals surface area contributed by atoms with Crippen LogP contribution in [0.1, 0.15) is 21.5 Å². The third kappa shape index (κ3) is 6.76. The van der Waals surface area contributed by atoms with Gasteiger partial charge in [0.25, 0.3) is 5.91 Å². The molecule has 3 rings (SSSR count). The van der Waals surface area contributed by atoms with Gasteiger partial charge in [-0.05, 0) is 40.5 Å². The molecule has 0 heterocycles. The smallest absolute Gasteiger partial charge is 0.253 e. The van der Waals surface area contributed by atoms with Gasteiger partial charge in [0.05, 0.1) is 0 Å². The van der Waals surface area contributed by atoms with Gasteiger partial charge >= 0.3 is 0 Å². The molecule has 0 aliphatic heterocycles. The highest BCUT2D eigenvalue weighted by atomic mass is 32.2. The third-order valence-electron chi connectivity index (χ3n) is 5.19. The van der Waals surface area contributed by atoms with Crippen molar-refractivity contribution in [1.29, 1.82) is 0 Å². The Bertz CT molecular complexity index is 1060. The van der Waals surface area contributed by atoms with Gasteiger partial charge in [-0.15, -0.1) is 0 Å². The predicted molar refractivity (Wildman–Crippen MR) is 138 cm³/mol. The molecule has 0 saturated carbocycles. The molecular formula is C26H32N4OS. The van der Waals surface area contributed by atoms with Gasteiger partial charge in [-0.2, -0.15) is 11.8 Å². The number of nitrogens with zero attached hydrogens (tertiary/aromatic N) is 2. The summed E-state index contributed by atoms with van der Waals surface area (Å²) in [6, 6.07) is 22.9. The Morgan fingerprint density at radius 3 is 2.53 bits per heavy atom.